The minimum Gasteiger partial charge on any atom is -0.463 e. The van der Waals surface area contributed by atoms with Crippen molar-refractivity contribution in [1.29, 1.82) is 0 Å². The zero-order chi connectivity index (χ0) is 14.5. The number of carbonyl (C=O) groups is 1. The Morgan fingerprint density at radius 1 is 1.55 bits per heavy atom. The van der Waals surface area contributed by atoms with E-state index in [9.17, 15) is 4.79 Å². The Balaban J connectivity index is 2.10. The van der Waals surface area contributed by atoms with Gasteiger partial charge in [0.25, 0.3) is 0 Å². The van der Waals surface area contributed by atoms with Crippen LogP contribution in [0.3, 0.4) is 0 Å². The quantitative estimate of drug-likeness (QED) is 0.829. The van der Waals surface area contributed by atoms with E-state index >= 15 is 0 Å². The Morgan fingerprint density at radius 3 is 3.00 bits per heavy atom. The first kappa shape index (κ1) is 14.7. The Hall–Kier alpha value is -1.69. The van der Waals surface area contributed by atoms with Gasteiger partial charge in [-0.05, 0) is 38.8 Å². The zero-order valence-corrected chi connectivity index (χ0v) is 12.3. The topological polar surface area (TPSA) is 67.3 Å². The number of esters is 1. The van der Waals surface area contributed by atoms with Gasteiger partial charge in [0.15, 0.2) is 0 Å². The maximum Gasteiger partial charge on any atom is 0.376 e. The maximum atomic E-state index is 11.6. The molecule has 1 unspecified atom stereocenters. The van der Waals surface area contributed by atoms with Crippen LogP contribution in [-0.2, 0) is 4.74 Å². The summed E-state index contributed by atoms with van der Waals surface area (Å²) in [7, 11) is 3.34. The van der Waals surface area contributed by atoms with Crippen LogP contribution in [0.4, 0.5) is 5.82 Å². The van der Waals surface area contributed by atoms with E-state index in [1.54, 1.807) is 0 Å². The number of ether oxygens (including phenoxy) is 1. The molecule has 0 saturated carbocycles. The molecule has 0 spiro atoms. The molecule has 1 aromatic rings. The number of carbonyl (C=O) groups excluding carboxylic acids is 1. The summed E-state index contributed by atoms with van der Waals surface area (Å²) in [6.07, 6.45) is 2.44. The van der Waals surface area contributed by atoms with Crippen molar-refractivity contribution in [2.75, 3.05) is 38.7 Å². The van der Waals surface area contributed by atoms with Crippen LogP contribution in [-0.4, -0.2) is 49.7 Å². The van der Waals surface area contributed by atoms with Crippen molar-refractivity contribution in [3.63, 3.8) is 0 Å². The van der Waals surface area contributed by atoms with E-state index in [-0.39, 0.29) is 5.82 Å². The predicted octanol–water partition coefficient (Wildman–Crippen LogP) is 1.01. The van der Waals surface area contributed by atoms with Gasteiger partial charge in [-0.3, -0.25) is 0 Å². The fourth-order valence-corrected chi connectivity index (χ4v) is 2.49. The monoisotopic (exact) mass is 278 g/mol. The summed E-state index contributed by atoms with van der Waals surface area (Å²) < 4.78 is 4.68. The van der Waals surface area contributed by atoms with Crippen LogP contribution in [0.5, 0.6) is 0 Å². The van der Waals surface area contributed by atoms with Crippen molar-refractivity contribution in [2.45, 2.75) is 19.8 Å². The molecule has 110 valence electrons. The van der Waals surface area contributed by atoms with Gasteiger partial charge in [0.05, 0.1) is 7.11 Å². The van der Waals surface area contributed by atoms with Crippen LogP contribution >= 0.6 is 0 Å². The van der Waals surface area contributed by atoms with Gasteiger partial charge >= 0.3 is 5.97 Å². The van der Waals surface area contributed by atoms with Gasteiger partial charge in [-0.1, -0.05) is 0 Å². The normalized spacial score (nSPS) is 18.6. The molecule has 2 rings (SSSR count). The molecular weight excluding hydrogens is 256 g/mol. The van der Waals surface area contributed by atoms with E-state index in [1.807, 2.05) is 20.0 Å². The Bertz CT molecular complexity index is 472. The summed E-state index contributed by atoms with van der Waals surface area (Å²) in [5.41, 5.74) is 0.768. The molecule has 0 bridgehead atoms. The molecule has 0 aliphatic carbocycles. The predicted molar refractivity (Wildman–Crippen MR) is 77.0 cm³/mol. The third-order valence-electron chi connectivity index (χ3n) is 3.53. The molecule has 1 aromatic heterocycles. The van der Waals surface area contributed by atoms with Crippen LogP contribution in [0.2, 0.25) is 0 Å². The second-order valence-electron chi connectivity index (χ2n) is 5.28. The molecule has 0 amide bonds. The largest absolute Gasteiger partial charge is 0.463 e. The fraction of sp³-hybridized carbons (Fsp3) is 0.643. The number of piperidine rings is 1. The first-order valence-corrected chi connectivity index (χ1v) is 6.96. The molecule has 1 saturated heterocycles. The number of rotatable bonds is 4. The molecule has 1 aliphatic heterocycles. The number of nitrogens with zero attached hydrogens (tertiary/aromatic N) is 3. The summed E-state index contributed by atoms with van der Waals surface area (Å²) in [5.74, 6) is 1.01. The van der Waals surface area contributed by atoms with E-state index < -0.39 is 5.97 Å². The Morgan fingerprint density at radius 2 is 2.35 bits per heavy atom. The first-order valence-electron chi connectivity index (χ1n) is 6.96. The lowest BCUT2D eigenvalue weighted by molar-refractivity contribution is 0.0586. The number of hydrogen-bond donors (Lipinski definition) is 1. The zero-order valence-electron chi connectivity index (χ0n) is 12.3. The summed E-state index contributed by atoms with van der Waals surface area (Å²) in [6, 6.07) is 1.89. The molecule has 20 heavy (non-hydrogen) atoms. The van der Waals surface area contributed by atoms with Crippen LogP contribution in [0.1, 0.15) is 29.2 Å². The van der Waals surface area contributed by atoms with Crippen molar-refractivity contribution < 1.29 is 9.53 Å². The average Bonchev–Trinajstić information content (AvgIpc) is 2.46. The molecule has 2 heterocycles. The third-order valence-corrected chi connectivity index (χ3v) is 3.53. The van der Waals surface area contributed by atoms with Crippen LogP contribution < -0.4 is 10.2 Å². The molecule has 0 radical (unpaired) electrons. The standard InChI is InChI=1S/C14H22N4O2/c1-10-7-12(17-13(16-10)14(19)20-3)18(2)9-11-5-4-6-15-8-11/h7,11,15H,4-6,8-9H2,1-3H3. The summed E-state index contributed by atoms with van der Waals surface area (Å²) in [4.78, 5) is 22.0. The van der Waals surface area contributed by atoms with Gasteiger partial charge in [0.1, 0.15) is 5.82 Å². The highest BCUT2D eigenvalue weighted by Gasteiger charge is 2.18. The number of aromatic nitrogens is 2. The van der Waals surface area contributed by atoms with Gasteiger partial charge in [-0.15, -0.1) is 0 Å². The number of nitrogens with one attached hydrogen (secondary N) is 1. The highest BCUT2D eigenvalue weighted by atomic mass is 16.5. The molecule has 6 nitrogen and oxygen atoms in total. The highest BCUT2D eigenvalue weighted by Crippen LogP contribution is 2.16. The van der Waals surface area contributed by atoms with E-state index in [1.165, 1.54) is 20.0 Å². The third kappa shape index (κ3) is 3.66. The van der Waals surface area contributed by atoms with Crippen molar-refractivity contribution in [3.05, 3.63) is 17.6 Å². The van der Waals surface area contributed by atoms with E-state index in [0.717, 1.165) is 31.1 Å². The molecule has 1 N–H and O–H groups in total. The molecule has 1 aliphatic rings. The van der Waals surface area contributed by atoms with Gasteiger partial charge in [0, 0.05) is 25.4 Å². The second-order valence-corrected chi connectivity index (χ2v) is 5.28. The van der Waals surface area contributed by atoms with Gasteiger partial charge in [-0.2, -0.15) is 0 Å². The molecule has 0 aromatic carbocycles. The van der Waals surface area contributed by atoms with Gasteiger partial charge in [-0.25, -0.2) is 14.8 Å². The van der Waals surface area contributed by atoms with Crippen LogP contribution in [0, 0.1) is 12.8 Å². The van der Waals surface area contributed by atoms with Crippen molar-refractivity contribution in [1.82, 2.24) is 15.3 Å². The number of methoxy groups -OCH3 is 1. The minimum atomic E-state index is -0.498. The molecular formula is C14H22N4O2. The maximum absolute atomic E-state index is 11.6. The average molecular weight is 278 g/mol. The first-order chi connectivity index (χ1) is 9.60. The summed E-state index contributed by atoms with van der Waals surface area (Å²) in [5, 5.41) is 3.41. The van der Waals surface area contributed by atoms with Gasteiger partial charge in [0.2, 0.25) is 5.82 Å². The summed E-state index contributed by atoms with van der Waals surface area (Å²) in [6.45, 7) is 4.93. The van der Waals surface area contributed by atoms with Gasteiger partial charge < -0.3 is 15.0 Å². The molecule has 6 heteroatoms. The van der Waals surface area contributed by atoms with E-state index in [2.05, 4.69) is 24.9 Å². The number of hydrogen-bond acceptors (Lipinski definition) is 6. The summed E-state index contributed by atoms with van der Waals surface area (Å²) >= 11 is 0. The number of aryl methyl sites for hydroxylation is 1. The fourth-order valence-electron chi connectivity index (χ4n) is 2.49. The Labute approximate surface area is 119 Å². The van der Waals surface area contributed by atoms with Crippen molar-refractivity contribution >= 4 is 11.8 Å². The van der Waals surface area contributed by atoms with Crippen LogP contribution in [0.25, 0.3) is 0 Å². The molecule has 1 fully saturated rings. The smallest absolute Gasteiger partial charge is 0.376 e. The van der Waals surface area contributed by atoms with E-state index in [0.29, 0.717) is 5.92 Å². The van der Waals surface area contributed by atoms with Crippen molar-refractivity contribution in [2.24, 2.45) is 5.92 Å². The second kappa shape index (κ2) is 6.65. The minimum absolute atomic E-state index is 0.121. The van der Waals surface area contributed by atoms with Crippen LogP contribution in [0.15, 0.2) is 6.07 Å². The SMILES string of the molecule is COC(=O)c1nc(C)cc(N(C)CC2CCCNC2)n1. The van der Waals surface area contributed by atoms with Crippen molar-refractivity contribution in [3.8, 4) is 0 Å². The van der Waals surface area contributed by atoms with E-state index in [4.69, 9.17) is 0 Å². The lowest BCUT2D eigenvalue weighted by atomic mass is 9.99. The lowest BCUT2D eigenvalue weighted by Crippen LogP contribution is -2.37. The molecule has 1 atom stereocenters. The number of anilines is 1. The Kier molecular flexibility index (Phi) is 4.89. The lowest BCUT2D eigenvalue weighted by Gasteiger charge is -2.28. The highest BCUT2D eigenvalue weighted by molar-refractivity contribution is 5.85.